The van der Waals surface area contributed by atoms with Gasteiger partial charge in [0.15, 0.2) is 0 Å². The van der Waals surface area contributed by atoms with Crippen LogP contribution in [0.1, 0.15) is 26.0 Å². The van der Waals surface area contributed by atoms with E-state index in [0.717, 1.165) is 6.42 Å². The van der Waals surface area contributed by atoms with E-state index in [9.17, 15) is 8.42 Å². The van der Waals surface area contributed by atoms with Crippen molar-refractivity contribution in [2.45, 2.75) is 31.9 Å². The fourth-order valence-corrected chi connectivity index (χ4v) is 2.31. The maximum absolute atomic E-state index is 11.8. The van der Waals surface area contributed by atoms with E-state index in [4.69, 9.17) is 14.9 Å². The van der Waals surface area contributed by atoms with Crippen molar-refractivity contribution >= 4 is 10.0 Å². The Balaban J connectivity index is 2.31. The third-order valence-corrected chi connectivity index (χ3v) is 3.81. The van der Waals surface area contributed by atoms with Gasteiger partial charge in [0.1, 0.15) is 5.76 Å². The van der Waals surface area contributed by atoms with E-state index in [1.807, 2.05) is 0 Å². The average Bonchev–Trinajstić information content (AvgIpc) is 2.82. The van der Waals surface area contributed by atoms with Gasteiger partial charge in [-0.25, -0.2) is 13.1 Å². The molecule has 0 unspecified atom stereocenters. The van der Waals surface area contributed by atoms with Gasteiger partial charge >= 0.3 is 0 Å². The molecule has 19 heavy (non-hydrogen) atoms. The van der Waals surface area contributed by atoms with Crippen molar-refractivity contribution in [3.8, 4) is 0 Å². The van der Waals surface area contributed by atoms with Crippen LogP contribution in [0.5, 0.6) is 0 Å². The van der Waals surface area contributed by atoms with Crippen LogP contribution >= 0.6 is 0 Å². The highest BCUT2D eigenvalue weighted by atomic mass is 32.2. The summed E-state index contributed by atoms with van der Waals surface area (Å²) >= 11 is 0. The van der Waals surface area contributed by atoms with E-state index >= 15 is 0 Å². The van der Waals surface area contributed by atoms with Gasteiger partial charge < -0.3 is 14.9 Å². The van der Waals surface area contributed by atoms with Crippen molar-refractivity contribution in [1.29, 1.82) is 0 Å². The largest absolute Gasteiger partial charge is 0.447 e. The van der Waals surface area contributed by atoms with E-state index in [1.165, 1.54) is 6.07 Å². The molecule has 0 bridgehead atoms. The normalized spacial score (nSPS) is 12.2. The van der Waals surface area contributed by atoms with Crippen molar-refractivity contribution in [2.75, 3.05) is 19.8 Å². The van der Waals surface area contributed by atoms with Crippen LogP contribution in [0.15, 0.2) is 21.6 Å². The number of hydrogen-bond donors (Lipinski definition) is 2. The second kappa shape index (κ2) is 7.64. The Morgan fingerprint density at radius 2 is 2.11 bits per heavy atom. The van der Waals surface area contributed by atoms with Crippen LogP contribution < -0.4 is 10.5 Å². The third-order valence-electron chi connectivity index (χ3n) is 2.48. The molecule has 1 aromatic heterocycles. The number of ether oxygens (including phenoxy) is 1. The van der Waals surface area contributed by atoms with Crippen molar-refractivity contribution in [1.82, 2.24) is 4.72 Å². The number of rotatable bonds is 9. The van der Waals surface area contributed by atoms with Gasteiger partial charge in [0.05, 0.1) is 13.2 Å². The molecule has 0 saturated heterocycles. The van der Waals surface area contributed by atoms with Crippen LogP contribution in [0, 0.1) is 5.92 Å². The second-order valence-electron chi connectivity index (χ2n) is 4.62. The molecule has 0 aromatic carbocycles. The van der Waals surface area contributed by atoms with E-state index < -0.39 is 10.0 Å². The molecule has 0 aliphatic carbocycles. The summed E-state index contributed by atoms with van der Waals surface area (Å²) in [6.07, 6.45) is 0.963. The van der Waals surface area contributed by atoms with Crippen molar-refractivity contribution < 1.29 is 17.6 Å². The van der Waals surface area contributed by atoms with E-state index in [-0.39, 0.29) is 18.2 Å². The molecule has 1 heterocycles. The summed E-state index contributed by atoms with van der Waals surface area (Å²) in [6.45, 7) is 5.59. The van der Waals surface area contributed by atoms with Crippen LogP contribution in [0.25, 0.3) is 0 Å². The van der Waals surface area contributed by atoms with Gasteiger partial charge in [-0.3, -0.25) is 0 Å². The van der Waals surface area contributed by atoms with Crippen LogP contribution in [0.2, 0.25) is 0 Å². The fraction of sp³-hybridized carbons (Fsp3) is 0.667. The summed E-state index contributed by atoms with van der Waals surface area (Å²) in [7, 11) is -3.61. The monoisotopic (exact) mass is 290 g/mol. The zero-order chi connectivity index (χ0) is 14.3. The molecule has 110 valence electrons. The highest BCUT2D eigenvalue weighted by molar-refractivity contribution is 7.89. The Morgan fingerprint density at radius 3 is 2.68 bits per heavy atom. The topological polar surface area (TPSA) is 94.6 Å². The number of furan rings is 1. The van der Waals surface area contributed by atoms with Crippen LogP contribution in [-0.2, 0) is 21.3 Å². The molecule has 1 aromatic rings. The van der Waals surface area contributed by atoms with E-state index in [2.05, 4.69) is 18.6 Å². The number of sulfonamides is 1. The Bertz CT molecular complexity index is 468. The minimum atomic E-state index is -3.61. The van der Waals surface area contributed by atoms with E-state index in [0.29, 0.717) is 24.9 Å². The van der Waals surface area contributed by atoms with Crippen molar-refractivity contribution in [3.63, 3.8) is 0 Å². The lowest BCUT2D eigenvalue weighted by molar-refractivity contribution is 0.128. The van der Waals surface area contributed by atoms with Crippen molar-refractivity contribution in [2.24, 2.45) is 11.7 Å². The van der Waals surface area contributed by atoms with E-state index in [1.54, 1.807) is 6.07 Å². The first-order valence-electron chi connectivity index (χ1n) is 6.32. The molecule has 0 amide bonds. The third kappa shape index (κ3) is 5.73. The first kappa shape index (κ1) is 16.2. The molecule has 0 fully saturated rings. The Hall–Kier alpha value is -0.890. The molecular weight excluding hydrogens is 268 g/mol. The molecular formula is C12H22N2O4S. The zero-order valence-electron chi connectivity index (χ0n) is 11.4. The molecule has 0 atom stereocenters. The average molecular weight is 290 g/mol. The maximum atomic E-state index is 11.8. The summed E-state index contributed by atoms with van der Waals surface area (Å²) in [4.78, 5) is 0. The second-order valence-corrected chi connectivity index (χ2v) is 6.32. The summed E-state index contributed by atoms with van der Waals surface area (Å²) in [5.74, 6) is 1.02. The predicted octanol–water partition coefficient (Wildman–Crippen LogP) is 1.08. The molecule has 0 spiro atoms. The number of nitrogens with two attached hydrogens (primary N) is 1. The minimum Gasteiger partial charge on any atom is -0.447 e. The van der Waals surface area contributed by atoms with Crippen LogP contribution in [-0.4, -0.2) is 28.2 Å². The van der Waals surface area contributed by atoms with Gasteiger partial charge in [-0.15, -0.1) is 0 Å². The molecule has 0 saturated carbocycles. The molecule has 0 aliphatic rings. The lowest BCUT2D eigenvalue weighted by Crippen LogP contribution is -2.27. The fourth-order valence-electron chi connectivity index (χ4n) is 1.35. The van der Waals surface area contributed by atoms with Gasteiger partial charge in [0.2, 0.25) is 5.09 Å². The zero-order valence-corrected chi connectivity index (χ0v) is 12.2. The molecule has 1 rings (SSSR count). The Morgan fingerprint density at radius 1 is 1.37 bits per heavy atom. The maximum Gasteiger partial charge on any atom is 0.274 e. The van der Waals surface area contributed by atoms with Gasteiger partial charge in [0, 0.05) is 13.2 Å². The molecule has 6 nitrogen and oxygen atoms in total. The number of nitrogens with one attached hydrogen (secondary N) is 1. The van der Waals surface area contributed by atoms with Gasteiger partial charge in [0.25, 0.3) is 10.0 Å². The molecule has 7 heteroatoms. The lowest BCUT2D eigenvalue weighted by atomic mass is 10.1. The summed E-state index contributed by atoms with van der Waals surface area (Å²) in [6, 6.07) is 2.94. The van der Waals surface area contributed by atoms with Gasteiger partial charge in [-0.2, -0.15) is 0 Å². The highest BCUT2D eigenvalue weighted by Crippen LogP contribution is 2.12. The number of hydrogen-bond acceptors (Lipinski definition) is 5. The predicted molar refractivity (Wildman–Crippen MR) is 72.1 cm³/mol. The summed E-state index contributed by atoms with van der Waals surface area (Å²) in [5.41, 5.74) is 5.36. The van der Waals surface area contributed by atoms with Crippen LogP contribution in [0.3, 0.4) is 0 Å². The standard InChI is InChI=1S/C12H22N2O4S/c1-10(2)5-7-17-8-6-14-19(15,16)12-4-3-11(9-13)18-12/h3-4,10,14H,5-9,13H2,1-2H3. The summed E-state index contributed by atoms with van der Waals surface area (Å²) < 4.78 is 36.4. The Labute approximate surface area is 114 Å². The van der Waals surface area contributed by atoms with Gasteiger partial charge in [-0.05, 0) is 24.5 Å². The Kier molecular flexibility index (Phi) is 6.50. The first-order chi connectivity index (χ1) is 8.95. The highest BCUT2D eigenvalue weighted by Gasteiger charge is 2.17. The van der Waals surface area contributed by atoms with Gasteiger partial charge in [-0.1, -0.05) is 13.8 Å². The minimum absolute atomic E-state index is 0.116. The molecule has 0 radical (unpaired) electrons. The summed E-state index contributed by atoms with van der Waals surface area (Å²) in [5, 5.41) is -0.116. The SMILES string of the molecule is CC(C)CCOCCNS(=O)(=O)c1ccc(CN)o1. The molecule has 3 N–H and O–H groups in total. The quantitative estimate of drug-likeness (QED) is 0.664. The lowest BCUT2D eigenvalue weighted by Gasteiger charge is -2.07. The first-order valence-corrected chi connectivity index (χ1v) is 7.80. The van der Waals surface area contributed by atoms with Crippen LogP contribution in [0.4, 0.5) is 0 Å². The van der Waals surface area contributed by atoms with Crippen molar-refractivity contribution in [3.05, 3.63) is 17.9 Å². The smallest absolute Gasteiger partial charge is 0.274 e. The molecule has 0 aliphatic heterocycles.